The summed E-state index contributed by atoms with van der Waals surface area (Å²) in [4.78, 5) is 20.6. The van der Waals surface area contributed by atoms with Crippen LogP contribution in [0.3, 0.4) is 0 Å². The van der Waals surface area contributed by atoms with E-state index in [1.807, 2.05) is 49.4 Å². The molecule has 21 heavy (non-hydrogen) atoms. The highest BCUT2D eigenvalue weighted by Crippen LogP contribution is 2.12. The Morgan fingerprint density at radius 1 is 1.14 bits per heavy atom. The molecule has 4 nitrogen and oxygen atoms in total. The van der Waals surface area contributed by atoms with E-state index in [9.17, 15) is 4.79 Å². The molecule has 0 saturated heterocycles. The lowest BCUT2D eigenvalue weighted by atomic mass is 10.1. The topological polar surface area (TPSA) is 54.9 Å². The molecule has 0 fully saturated rings. The van der Waals surface area contributed by atoms with E-state index in [1.165, 1.54) is 0 Å². The van der Waals surface area contributed by atoms with Crippen molar-refractivity contribution in [3.8, 4) is 0 Å². The molecule has 0 aliphatic carbocycles. The smallest absolute Gasteiger partial charge is 0.270 e. The first kappa shape index (κ1) is 13.2. The van der Waals surface area contributed by atoms with Crippen molar-refractivity contribution >= 4 is 16.8 Å². The van der Waals surface area contributed by atoms with Gasteiger partial charge in [-0.1, -0.05) is 24.3 Å². The fraction of sp³-hybridized carbons (Fsp3) is 0.118. The van der Waals surface area contributed by atoms with Gasteiger partial charge in [-0.05, 0) is 36.8 Å². The molecule has 3 rings (SSSR count). The van der Waals surface area contributed by atoms with E-state index in [0.29, 0.717) is 12.2 Å². The van der Waals surface area contributed by atoms with Crippen LogP contribution in [0, 0.1) is 6.92 Å². The van der Waals surface area contributed by atoms with E-state index in [-0.39, 0.29) is 5.91 Å². The lowest BCUT2D eigenvalue weighted by Gasteiger charge is -2.06. The predicted molar refractivity (Wildman–Crippen MR) is 81.9 cm³/mol. The van der Waals surface area contributed by atoms with Gasteiger partial charge in [0, 0.05) is 23.8 Å². The molecule has 0 bridgehead atoms. The minimum absolute atomic E-state index is 0.174. The molecule has 2 aromatic heterocycles. The first-order chi connectivity index (χ1) is 10.2. The van der Waals surface area contributed by atoms with Crippen molar-refractivity contribution in [1.29, 1.82) is 0 Å². The van der Waals surface area contributed by atoms with Crippen LogP contribution in [0.5, 0.6) is 0 Å². The SMILES string of the molecule is Cc1cccc(C(=O)NCc2cnc3ccccc3c2)n1. The number of pyridine rings is 2. The Balaban J connectivity index is 1.72. The predicted octanol–water partition coefficient (Wildman–Crippen LogP) is 2.87. The van der Waals surface area contributed by atoms with Gasteiger partial charge in [0.05, 0.1) is 5.52 Å². The van der Waals surface area contributed by atoms with E-state index < -0.39 is 0 Å². The Bertz CT molecular complexity index is 799. The molecule has 0 spiro atoms. The number of fused-ring (bicyclic) bond motifs is 1. The summed E-state index contributed by atoms with van der Waals surface area (Å²) >= 11 is 0. The van der Waals surface area contributed by atoms with Crippen LogP contribution < -0.4 is 5.32 Å². The summed E-state index contributed by atoms with van der Waals surface area (Å²) in [6.45, 7) is 2.30. The first-order valence-electron chi connectivity index (χ1n) is 6.78. The number of amides is 1. The fourth-order valence-corrected chi connectivity index (χ4v) is 2.16. The van der Waals surface area contributed by atoms with Gasteiger partial charge in [0.2, 0.25) is 0 Å². The molecule has 0 radical (unpaired) electrons. The van der Waals surface area contributed by atoms with Gasteiger partial charge in [-0.3, -0.25) is 9.78 Å². The number of benzene rings is 1. The summed E-state index contributed by atoms with van der Waals surface area (Å²) in [6.07, 6.45) is 1.78. The summed E-state index contributed by atoms with van der Waals surface area (Å²) in [5.74, 6) is -0.174. The number of rotatable bonds is 3. The van der Waals surface area contributed by atoms with Gasteiger partial charge < -0.3 is 5.32 Å². The van der Waals surface area contributed by atoms with Crippen LogP contribution in [-0.2, 0) is 6.54 Å². The Labute approximate surface area is 122 Å². The van der Waals surface area contributed by atoms with E-state index >= 15 is 0 Å². The van der Waals surface area contributed by atoms with Crippen molar-refractivity contribution in [2.24, 2.45) is 0 Å². The van der Waals surface area contributed by atoms with Gasteiger partial charge >= 0.3 is 0 Å². The molecule has 4 heteroatoms. The highest BCUT2D eigenvalue weighted by molar-refractivity contribution is 5.92. The molecule has 3 aromatic rings. The molecule has 0 saturated carbocycles. The van der Waals surface area contributed by atoms with Gasteiger partial charge in [-0.25, -0.2) is 4.98 Å². The van der Waals surface area contributed by atoms with Crippen LogP contribution in [0.4, 0.5) is 0 Å². The summed E-state index contributed by atoms with van der Waals surface area (Å²) in [6, 6.07) is 15.3. The quantitative estimate of drug-likeness (QED) is 0.801. The van der Waals surface area contributed by atoms with Crippen LogP contribution in [0.1, 0.15) is 21.7 Å². The Morgan fingerprint density at radius 3 is 2.86 bits per heavy atom. The molecule has 0 unspecified atom stereocenters. The summed E-state index contributed by atoms with van der Waals surface area (Å²) in [5, 5.41) is 3.93. The number of para-hydroxylation sites is 1. The van der Waals surface area contributed by atoms with Crippen molar-refractivity contribution < 1.29 is 4.79 Å². The Hall–Kier alpha value is -2.75. The lowest BCUT2D eigenvalue weighted by Crippen LogP contribution is -2.24. The normalized spacial score (nSPS) is 10.5. The largest absolute Gasteiger partial charge is 0.347 e. The zero-order valence-electron chi connectivity index (χ0n) is 11.7. The van der Waals surface area contributed by atoms with Crippen molar-refractivity contribution in [3.05, 3.63) is 71.7 Å². The molecule has 0 atom stereocenters. The second kappa shape index (κ2) is 5.71. The second-order valence-corrected chi connectivity index (χ2v) is 4.88. The van der Waals surface area contributed by atoms with Crippen LogP contribution in [0.15, 0.2) is 54.7 Å². The van der Waals surface area contributed by atoms with Crippen LogP contribution in [-0.4, -0.2) is 15.9 Å². The Kier molecular flexibility index (Phi) is 3.60. The average Bonchev–Trinajstić information content (AvgIpc) is 2.52. The third-order valence-electron chi connectivity index (χ3n) is 3.22. The lowest BCUT2D eigenvalue weighted by molar-refractivity contribution is 0.0945. The number of hydrogen-bond acceptors (Lipinski definition) is 3. The molecular weight excluding hydrogens is 262 g/mol. The number of aryl methyl sites for hydroxylation is 1. The van der Waals surface area contributed by atoms with E-state index in [1.54, 1.807) is 12.3 Å². The third kappa shape index (κ3) is 3.05. The highest BCUT2D eigenvalue weighted by Gasteiger charge is 2.07. The molecule has 1 amide bonds. The van der Waals surface area contributed by atoms with Crippen molar-refractivity contribution in [3.63, 3.8) is 0 Å². The zero-order valence-corrected chi connectivity index (χ0v) is 11.7. The minimum atomic E-state index is -0.174. The first-order valence-corrected chi connectivity index (χ1v) is 6.78. The number of nitrogens with one attached hydrogen (secondary N) is 1. The maximum Gasteiger partial charge on any atom is 0.270 e. The van der Waals surface area contributed by atoms with Gasteiger partial charge in [-0.15, -0.1) is 0 Å². The molecule has 0 aliphatic rings. The van der Waals surface area contributed by atoms with E-state index in [4.69, 9.17) is 0 Å². The van der Waals surface area contributed by atoms with Crippen molar-refractivity contribution in [1.82, 2.24) is 15.3 Å². The number of hydrogen-bond donors (Lipinski definition) is 1. The maximum absolute atomic E-state index is 12.0. The second-order valence-electron chi connectivity index (χ2n) is 4.88. The van der Waals surface area contributed by atoms with E-state index in [2.05, 4.69) is 15.3 Å². The number of nitrogens with zero attached hydrogens (tertiary/aromatic N) is 2. The van der Waals surface area contributed by atoms with Crippen LogP contribution in [0.25, 0.3) is 10.9 Å². The fourth-order valence-electron chi connectivity index (χ4n) is 2.16. The number of aromatic nitrogens is 2. The molecule has 0 aliphatic heterocycles. The monoisotopic (exact) mass is 277 g/mol. The van der Waals surface area contributed by atoms with Gasteiger partial charge in [-0.2, -0.15) is 0 Å². The summed E-state index contributed by atoms with van der Waals surface area (Å²) in [5.41, 5.74) is 3.18. The average molecular weight is 277 g/mol. The van der Waals surface area contributed by atoms with Crippen molar-refractivity contribution in [2.75, 3.05) is 0 Å². The van der Waals surface area contributed by atoms with Crippen LogP contribution in [0.2, 0.25) is 0 Å². The van der Waals surface area contributed by atoms with Gasteiger partial charge in [0.1, 0.15) is 5.69 Å². The van der Waals surface area contributed by atoms with Gasteiger partial charge in [0.15, 0.2) is 0 Å². The van der Waals surface area contributed by atoms with Gasteiger partial charge in [0.25, 0.3) is 5.91 Å². The summed E-state index contributed by atoms with van der Waals surface area (Å²) < 4.78 is 0. The molecule has 2 heterocycles. The third-order valence-corrected chi connectivity index (χ3v) is 3.22. The van der Waals surface area contributed by atoms with Crippen molar-refractivity contribution in [2.45, 2.75) is 13.5 Å². The van der Waals surface area contributed by atoms with E-state index in [0.717, 1.165) is 22.2 Å². The standard InChI is InChI=1S/C17H15N3O/c1-12-5-4-8-16(20-12)17(21)19-11-13-9-14-6-2-3-7-15(14)18-10-13/h2-10H,11H2,1H3,(H,19,21). The number of carbonyl (C=O) groups excluding carboxylic acids is 1. The Morgan fingerprint density at radius 2 is 2.00 bits per heavy atom. The summed E-state index contributed by atoms with van der Waals surface area (Å²) in [7, 11) is 0. The minimum Gasteiger partial charge on any atom is -0.347 e. The molecule has 1 aromatic carbocycles. The maximum atomic E-state index is 12.0. The van der Waals surface area contributed by atoms with Crippen LogP contribution >= 0.6 is 0 Å². The molecule has 104 valence electrons. The number of carbonyl (C=O) groups is 1. The molecular formula is C17H15N3O. The highest BCUT2D eigenvalue weighted by atomic mass is 16.1. The zero-order chi connectivity index (χ0) is 14.7. The molecule has 1 N–H and O–H groups in total.